The first-order chi connectivity index (χ1) is 7.18. The van der Waals surface area contributed by atoms with E-state index in [0.29, 0.717) is 17.5 Å². The SMILES string of the molecule is FC(F)COCCNc1cccc(Cl)n1. The van der Waals surface area contributed by atoms with Gasteiger partial charge in [0, 0.05) is 6.54 Å². The summed E-state index contributed by atoms with van der Waals surface area (Å²) in [7, 11) is 0. The Morgan fingerprint density at radius 1 is 1.47 bits per heavy atom. The van der Waals surface area contributed by atoms with Gasteiger partial charge in [0.15, 0.2) is 0 Å². The molecule has 0 aliphatic rings. The van der Waals surface area contributed by atoms with Crippen LogP contribution in [0.15, 0.2) is 18.2 Å². The molecule has 3 nitrogen and oxygen atoms in total. The molecule has 15 heavy (non-hydrogen) atoms. The Bertz CT molecular complexity index is 299. The number of aromatic nitrogens is 1. The molecule has 1 rings (SSSR count). The summed E-state index contributed by atoms with van der Waals surface area (Å²) in [5, 5.41) is 3.28. The molecule has 0 amide bonds. The molecule has 84 valence electrons. The van der Waals surface area contributed by atoms with Crippen LogP contribution in [0.1, 0.15) is 0 Å². The summed E-state index contributed by atoms with van der Waals surface area (Å²) < 4.78 is 28.0. The summed E-state index contributed by atoms with van der Waals surface area (Å²) in [6.07, 6.45) is -2.42. The Kier molecular flexibility index (Phi) is 5.28. The lowest BCUT2D eigenvalue weighted by molar-refractivity contribution is 0.0215. The highest BCUT2D eigenvalue weighted by molar-refractivity contribution is 6.29. The average Bonchev–Trinajstić information content (AvgIpc) is 2.17. The van der Waals surface area contributed by atoms with Crippen LogP contribution in [0.4, 0.5) is 14.6 Å². The largest absolute Gasteiger partial charge is 0.374 e. The average molecular weight is 237 g/mol. The predicted octanol–water partition coefficient (Wildman–Crippen LogP) is 2.43. The first-order valence-corrected chi connectivity index (χ1v) is 4.78. The third kappa shape index (κ3) is 5.49. The van der Waals surface area contributed by atoms with E-state index >= 15 is 0 Å². The van der Waals surface area contributed by atoms with Gasteiger partial charge in [-0.1, -0.05) is 17.7 Å². The normalized spacial score (nSPS) is 10.7. The first-order valence-electron chi connectivity index (χ1n) is 4.41. The standard InChI is InChI=1S/C9H11ClF2N2O/c10-7-2-1-3-9(14-7)13-4-5-15-6-8(11)12/h1-3,8H,4-6H2,(H,13,14). The predicted molar refractivity (Wildman–Crippen MR) is 54.6 cm³/mol. The first kappa shape index (κ1) is 12.1. The van der Waals surface area contributed by atoms with Gasteiger partial charge in [0.2, 0.25) is 0 Å². The van der Waals surface area contributed by atoms with Gasteiger partial charge in [0.05, 0.1) is 6.61 Å². The van der Waals surface area contributed by atoms with Crippen molar-refractivity contribution in [2.75, 3.05) is 25.1 Å². The summed E-state index contributed by atoms with van der Waals surface area (Å²) in [6, 6.07) is 5.14. The van der Waals surface area contributed by atoms with Crippen LogP contribution in [0, 0.1) is 0 Å². The van der Waals surface area contributed by atoms with Crippen molar-refractivity contribution in [1.29, 1.82) is 0 Å². The molecule has 0 aromatic carbocycles. The van der Waals surface area contributed by atoms with Crippen molar-refractivity contribution < 1.29 is 13.5 Å². The molecule has 0 saturated heterocycles. The zero-order chi connectivity index (χ0) is 11.1. The van der Waals surface area contributed by atoms with Gasteiger partial charge >= 0.3 is 0 Å². The molecule has 0 radical (unpaired) electrons. The van der Waals surface area contributed by atoms with Gasteiger partial charge in [-0.25, -0.2) is 13.8 Å². The lowest BCUT2D eigenvalue weighted by Gasteiger charge is -2.06. The third-order valence-electron chi connectivity index (χ3n) is 1.51. The van der Waals surface area contributed by atoms with Crippen molar-refractivity contribution in [3.05, 3.63) is 23.4 Å². The Labute approximate surface area is 91.4 Å². The molecule has 6 heteroatoms. The lowest BCUT2D eigenvalue weighted by Crippen LogP contribution is -2.13. The maximum absolute atomic E-state index is 11.7. The van der Waals surface area contributed by atoms with Gasteiger partial charge < -0.3 is 10.1 Å². The third-order valence-corrected chi connectivity index (χ3v) is 1.72. The minimum atomic E-state index is -2.42. The minimum absolute atomic E-state index is 0.207. The number of anilines is 1. The van der Waals surface area contributed by atoms with E-state index in [1.54, 1.807) is 18.2 Å². The van der Waals surface area contributed by atoms with Crippen LogP contribution in [-0.2, 0) is 4.74 Å². The van der Waals surface area contributed by atoms with Crippen LogP contribution in [0.25, 0.3) is 0 Å². The number of rotatable bonds is 6. The minimum Gasteiger partial charge on any atom is -0.374 e. The number of hydrogen-bond donors (Lipinski definition) is 1. The van der Waals surface area contributed by atoms with Gasteiger partial charge in [-0.3, -0.25) is 0 Å². The second-order valence-electron chi connectivity index (χ2n) is 2.74. The van der Waals surface area contributed by atoms with Gasteiger partial charge in [-0.2, -0.15) is 0 Å². The van der Waals surface area contributed by atoms with Gasteiger partial charge in [-0.05, 0) is 12.1 Å². The van der Waals surface area contributed by atoms with Crippen molar-refractivity contribution >= 4 is 17.4 Å². The highest BCUT2D eigenvalue weighted by atomic mass is 35.5. The zero-order valence-electron chi connectivity index (χ0n) is 7.92. The molecule has 1 aromatic heterocycles. The fourth-order valence-corrected chi connectivity index (χ4v) is 1.09. The lowest BCUT2D eigenvalue weighted by atomic mass is 10.4. The molecule has 1 aromatic rings. The summed E-state index contributed by atoms with van der Waals surface area (Å²) in [5.74, 6) is 0.600. The molecule has 0 saturated carbocycles. The van der Waals surface area contributed by atoms with Crippen LogP contribution in [0.2, 0.25) is 5.15 Å². The van der Waals surface area contributed by atoms with E-state index < -0.39 is 13.0 Å². The summed E-state index contributed by atoms with van der Waals surface area (Å²) in [5.41, 5.74) is 0. The smallest absolute Gasteiger partial charge is 0.261 e. The molecular weight excluding hydrogens is 226 g/mol. The zero-order valence-corrected chi connectivity index (χ0v) is 8.68. The Morgan fingerprint density at radius 2 is 2.27 bits per heavy atom. The van der Waals surface area contributed by atoms with Crippen molar-refractivity contribution in [3.8, 4) is 0 Å². The number of halogens is 3. The number of pyridine rings is 1. The molecule has 1 heterocycles. The van der Waals surface area contributed by atoms with E-state index in [0.717, 1.165) is 0 Å². The number of alkyl halides is 2. The maximum Gasteiger partial charge on any atom is 0.261 e. The van der Waals surface area contributed by atoms with Gasteiger partial charge in [-0.15, -0.1) is 0 Å². The number of nitrogens with one attached hydrogen (secondary N) is 1. The van der Waals surface area contributed by atoms with E-state index in [4.69, 9.17) is 11.6 Å². The van der Waals surface area contributed by atoms with Crippen LogP contribution in [-0.4, -0.2) is 31.2 Å². The summed E-state index contributed by atoms with van der Waals surface area (Å²) in [6.45, 7) is 0.0866. The van der Waals surface area contributed by atoms with Crippen molar-refractivity contribution in [2.45, 2.75) is 6.43 Å². The molecule has 0 unspecified atom stereocenters. The Balaban J connectivity index is 2.15. The van der Waals surface area contributed by atoms with Crippen molar-refractivity contribution in [1.82, 2.24) is 4.98 Å². The van der Waals surface area contributed by atoms with E-state index in [1.165, 1.54) is 0 Å². The highest BCUT2D eigenvalue weighted by Crippen LogP contribution is 2.08. The molecule has 0 bridgehead atoms. The van der Waals surface area contributed by atoms with E-state index in [2.05, 4.69) is 15.0 Å². The maximum atomic E-state index is 11.7. The van der Waals surface area contributed by atoms with E-state index in [1.807, 2.05) is 0 Å². The molecule has 0 fully saturated rings. The van der Waals surface area contributed by atoms with Crippen LogP contribution in [0.3, 0.4) is 0 Å². The number of hydrogen-bond acceptors (Lipinski definition) is 3. The Morgan fingerprint density at radius 3 is 2.93 bits per heavy atom. The van der Waals surface area contributed by atoms with Gasteiger partial charge in [0.25, 0.3) is 6.43 Å². The molecule has 0 aliphatic carbocycles. The molecular formula is C9H11ClF2N2O. The second kappa shape index (κ2) is 6.53. The molecule has 0 spiro atoms. The van der Waals surface area contributed by atoms with Crippen molar-refractivity contribution in [3.63, 3.8) is 0 Å². The monoisotopic (exact) mass is 236 g/mol. The van der Waals surface area contributed by atoms with Gasteiger partial charge in [0.1, 0.15) is 17.6 Å². The molecule has 0 atom stereocenters. The van der Waals surface area contributed by atoms with E-state index in [-0.39, 0.29) is 6.61 Å². The molecule has 0 aliphatic heterocycles. The quantitative estimate of drug-likeness (QED) is 0.609. The fourth-order valence-electron chi connectivity index (χ4n) is 0.930. The van der Waals surface area contributed by atoms with Crippen LogP contribution < -0.4 is 5.32 Å². The molecule has 1 N–H and O–H groups in total. The van der Waals surface area contributed by atoms with Crippen LogP contribution >= 0.6 is 11.6 Å². The topological polar surface area (TPSA) is 34.1 Å². The second-order valence-corrected chi connectivity index (χ2v) is 3.13. The van der Waals surface area contributed by atoms with E-state index in [9.17, 15) is 8.78 Å². The van der Waals surface area contributed by atoms with Crippen LogP contribution in [0.5, 0.6) is 0 Å². The summed E-state index contributed by atoms with van der Waals surface area (Å²) in [4.78, 5) is 3.96. The fraction of sp³-hybridized carbons (Fsp3) is 0.444. The van der Waals surface area contributed by atoms with Crippen molar-refractivity contribution in [2.24, 2.45) is 0 Å². The number of nitrogens with zero attached hydrogens (tertiary/aromatic N) is 1. The highest BCUT2D eigenvalue weighted by Gasteiger charge is 2.01. The Hall–Kier alpha value is -0.940. The summed E-state index contributed by atoms with van der Waals surface area (Å²) >= 11 is 5.64. The number of ether oxygens (including phenoxy) is 1.